The molecule has 1 aliphatic rings. The number of aliphatic hydroxyl groups excluding tert-OH is 1. The van der Waals surface area contributed by atoms with Crippen molar-refractivity contribution in [2.75, 3.05) is 33.9 Å². The van der Waals surface area contributed by atoms with Crippen molar-refractivity contribution in [2.24, 2.45) is 5.92 Å². The van der Waals surface area contributed by atoms with Gasteiger partial charge in [0.05, 0.1) is 25.8 Å². The van der Waals surface area contributed by atoms with Gasteiger partial charge in [-0.1, -0.05) is 30.9 Å². The minimum atomic E-state index is -3.95. The Morgan fingerprint density at radius 2 is 2.00 bits per heavy atom. The molecule has 1 aliphatic heterocycles. The number of nitrogens with zero attached hydrogens (tertiary/aromatic N) is 2. The van der Waals surface area contributed by atoms with Crippen LogP contribution in [-0.2, 0) is 14.8 Å². The van der Waals surface area contributed by atoms with E-state index in [0.29, 0.717) is 16.9 Å². The molecular formula is C26H32N2O6S. The zero-order valence-corrected chi connectivity index (χ0v) is 21.5. The Morgan fingerprint density at radius 3 is 2.66 bits per heavy atom. The summed E-state index contributed by atoms with van der Waals surface area (Å²) in [5.41, 5.74) is 1.27. The van der Waals surface area contributed by atoms with Crippen molar-refractivity contribution in [1.29, 1.82) is 0 Å². The van der Waals surface area contributed by atoms with Gasteiger partial charge in [-0.3, -0.25) is 4.79 Å². The van der Waals surface area contributed by atoms with E-state index in [1.165, 1.54) is 17.3 Å². The molecule has 35 heavy (non-hydrogen) atoms. The van der Waals surface area contributed by atoms with Crippen molar-refractivity contribution >= 4 is 15.9 Å². The van der Waals surface area contributed by atoms with Gasteiger partial charge >= 0.3 is 0 Å². The number of rotatable bonds is 5. The first-order valence-electron chi connectivity index (χ1n) is 11.4. The van der Waals surface area contributed by atoms with Crippen LogP contribution < -0.4 is 9.47 Å². The highest BCUT2D eigenvalue weighted by Gasteiger charge is 2.38. The predicted molar refractivity (Wildman–Crippen MR) is 133 cm³/mol. The van der Waals surface area contributed by atoms with Gasteiger partial charge < -0.3 is 19.5 Å². The number of likely N-dealkylation sites (N-methyl/N-ethyl adjacent to an activating group) is 1. The molecule has 0 bridgehead atoms. The molecule has 1 amide bonds. The van der Waals surface area contributed by atoms with Crippen LogP contribution in [0.2, 0.25) is 0 Å². The summed E-state index contributed by atoms with van der Waals surface area (Å²) in [7, 11) is -0.699. The fourth-order valence-corrected chi connectivity index (χ4v) is 5.63. The van der Waals surface area contributed by atoms with E-state index >= 15 is 0 Å². The van der Waals surface area contributed by atoms with E-state index in [2.05, 4.69) is 11.8 Å². The monoisotopic (exact) mass is 500 g/mol. The van der Waals surface area contributed by atoms with E-state index in [9.17, 15) is 18.3 Å². The Kier molecular flexibility index (Phi) is 8.43. The molecule has 0 aromatic heterocycles. The molecule has 2 aromatic carbocycles. The van der Waals surface area contributed by atoms with Crippen LogP contribution in [0.1, 0.15) is 31.9 Å². The van der Waals surface area contributed by atoms with Crippen molar-refractivity contribution in [3.8, 4) is 23.3 Å². The Labute approximate surface area is 207 Å². The number of hydrogen-bond donors (Lipinski definition) is 1. The van der Waals surface area contributed by atoms with Gasteiger partial charge in [0, 0.05) is 38.0 Å². The second-order valence-corrected chi connectivity index (χ2v) is 10.6. The second-order valence-electron chi connectivity index (χ2n) is 8.75. The Morgan fingerprint density at radius 1 is 1.29 bits per heavy atom. The standard InChI is InChI=1S/C26H32N2O6S/c1-18-15-28(19(2)17-29)35(31,32)26-13-11-21(10-12-22-8-6-7-9-23(22)33-5)14-24(26)34-25(18)16-27(4)20(3)30/h6-9,11,13-14,18-19,25,29H,15-17H2,1-5H3/t18-,19-,25-/m0/s1. The molecule has 0 spiro atoms. The molecule has 0 radical (unpaired) electrons. The van der Waals surface area contributed by atoms with Crippen molar-refractivity contribution in [3.63, 3.8) is 0 Å². The molecule has 188 valence electrons. The number of methoxy groups -OCH3 is 1. The second kappa shape index (κ2) is 11.1. The summed E-state index contributed by atoms with van der Waals surface area (Å²) >= 11 is 0. The van der Waals surface area contributed by atoms with E-state index in [1.807, 2.05) is 31.2 Å². The molecule has 9 heteroatoms. The maximum absolute atomic E-state index is 13.6. The summed E-state index contributed by atoms with van der Waals surface area (Å²) in [4.78, 5) is 13.4. The molecule has 2 aromatic rings. The van der Waals surface area contributed by atoms with Gasteiger partial charge in [0.2, 0.25) is 15.9 Å². The van der Waals surface area contributed by atoms with E-state index < -0.39 is 22.2 Å². The Hall–Kier alpha value is -3.06. The van der Waals surface area contributed by atoms with Gasteiger partial charge in [-0.2, -0.15) is 4.31 Å². The molecular weight excluding hydrogens is 468 g/mol. The normalized spacial score (nSPS) is 20.2. The van der Waals surface area contributed by atoms with Gasteiger partial charge in [0.25, 0.3) is 0 Å². The number of hydrogen-bond acceptors (Lipinski definition) is 6. The number of ether oxygens (including phenoxy) is 2. The third-order valence-electron chi connectivity index (χ3n) is 6.11. The highest BCUT2D eigenvalue weighted by atomic mass is 32.2. The first-order valence-corrected chi connectivity index (χ1v) is 12.8. The van der Waals surface area contributed by atoms with Gasteiger partial charge in [0.1, 0.15) is 22.5 Å². The van der Waals surface area contributed by atoms with Crippen LogP contribution in [0.5, 0.6) is 11.5 Å². The fourth-order valence-electron chi connectivity index (χ4n) is 3.81. The SMILES string of the molecule is COc1ccccc1C#Cc1ccc2c(c1)O[C@@H](CN(C)C(C)=O)[C@@H](C)CN([C@@H](C)CO)S2(=O)=O. The summed E-state index contributed by atoms with van der Waals surface area (Å²) in [5.74, 6) is 6.55. The number of fused-ring (bicyclic) bond motifs is 1. The molecule has 0 unspecified atom stereocenters. The highest BCUT2D eigenvalue weighted by molar-refractivity contribution is 7.89. The molecule has 1 N–H and O–H groups in total. The van der Waals surface area contributed by atoms with Crippen molar-refractivity contribution in [2.45, 2.75) is 37.8 Å². The highest BCUT2D eigenvalue weighted by Crippen LogP contribution is 2.34. The van der Waals surface area contributed by atoms with E-state index in [4.69, 9.17) is 9.47 Å². The van der Waals surface area contributed by atoms with Crippen LogP contribution in [0.4, 0.5) is 0 Å². The molecule has 0 saturated heterocycles. The van der Waals surface area contributed by atoms with E-state index in [1.54, 1.807) is 38.1 Å². The van der Waals surface area contributed by atoms with Crippen LogP contribution in [0.25, 0.3) is 0 Å². The lowest BCUT2D eigenvalue weighted by molar-refractivity contribution is -0.129. The summed E-state index contributed by atoms with van der Waals surface area (Å²) in [5, 5.41) is 9.75. The van der Waals surface area contributed by atoms with Crippen molar-refractivity contribution in [3.05, 3.63) is 53.6 Å². The average Bonchev–Trinajstić information content (AvgIpc) is 2.84. The molecule has 3 rings (SSSR count). The molecule has 1 heterocycles. The minimum Gasteiger partial charge on any atom is -0.495 e. The topological polar surface area (TPSA) is 96.4 Å². The number of carbonyl (C=O) groups excluding carboxylic acids is 1. The maximum atomic E-state index is 13.6. The quantitative estimate of drug-likeness (QED) is 0.633. The number of amides is 1. The number of carbonyl (C=O) groups is 1. The van der Waals surface area contributed by atoms with Gasteiger partial charge in [-0.15, -0.1) is 0 Å². The molecule has 3 atom stereocenters. The molecule has 0 saturated carbocycles. The van der Waals surface area contributed by atoms with Gasteiger partial charge in [-0.05, 0) is 37.3 Å². The lowest BCUT2D eigenvalue weighted by Crippen LogP contribution is -2.50. The lowest BCUT2D eigenvalue weighted by Gasteiger charge is -2.37. The average molecular weight is 501 g/mol. The predicted octanol–water partition coefficient (Wildman–Crippen LogP) is 2.34. The number of para-hydroxylation sites is 1. The maximum Gasteiger partial charge on any atom is 0.247 e. The Balaban J connectivity index is 2.09. The number of benzene rings is 2. The van der Waals surface area contributed by atoms with Crippen LogP contribution in [0.3, 0.4) is 0 Å². The third-order valence-corrected chi connectivity index (χ3v) is 8.13. The minimum absolute atomic E-state index is 0.00280. The number of aliphatic hydroxyl groups is 1. The van der Waals surface area contributed by atoms with Crippen LogP contribution in [-0.4, -0.2) is 74.6 Å². The summed E-state index contributed by atoms with van der Waals surface area (Å²) in [6.07, 6.45) is -0.469. The zero-order chi connectivity index (χ0) is 25.8. The third kappa shape index (κ3) is 5.96. The largest absolute Gasteiger partial charge is 0.495 e. The first-order chi connectivity index (χ1) is 16.6. The zero-order valence-electron chi connectivity index (χ0n) is 20.7. The molecule has 0 aliphatic carbocycles. The first kappa shape index (κ1) is 26.5. The Bertz CT molecular complexity index is 1230. The van der Waals surface area contributed by atoms with Crippen LogP contribution >= 0.6 is 0 Å². The van der Waals surface area contributed by atoms with Crippen molar-refractivity contribution < 1.29 is 27.8 Å². The summed E-state index contributed by atoms with van der Waals surface area (Å²) < 4.78 is 40.0. The van der Waals surface area contributed by atoms with Crippen LogP contribution in [0.15, 0.2) is 47.4 Å². The smallest absolute Gasteiger partial charge is 0.247 e. The fraction of sp³-hybridized carbons (Fsp3) is 0.423. The number of sulfonamides is 1. The van der Waals surface area contributed by atoms with Crippen LogP contribution in [0, 0.1) is 17.8 Å². The lowest BCUT2D eigenvalue weighted by atomic mass is 10.0. The van der Waals surface area contributed by atoms with E-state index in [-0.39, 0.29) is 42.2 Å². The summed E-state index contributed by atoms with van der Waals surface area (Å²) in [6.45, 7) is 5.13. The molecule has 0 fully saturated rings. The molecule has 8 nitrogen and oxygen atoms in total. The van der Waals surface area contributed by atoms with Crippen molar-refractivity contribution in [1.82, 2.24) is 9.21 Å². The van der Waals surface area contributed by atoms with Gasteiger partial charge in [-0.25, -0.2) is 8.42 Å². The van der Waals surface area contributed by atoms with Gasteiger partial charge in [0.15, 0.2) is 0 Å². The van der Waals surface area contributed by atoms with E-state index in [0.717, 1.165) is 0 Å². The summed E-state index contributed by atoms with van der Waals surface area (Å²) in [6, 6.07) is 11.5.